The lowest BCUT2D eigenvalue weighted by molar-refractivity contribution is 0.101. The minimum Gasteiger partial charge on any atom is -0.384 e. The summed E-state index contributed by atoms with van der Waals surface area (Å²) >= 11 is 0. The molecule has 0 N–H and O–H groups in total. The molecule has 0 aromatic carbocycles. The molecule has 0 amide bonds. The molecule has 1 saturated carbocycles. The summed E-state index contributed by atoms with van der Waals surface area (Å²) in [6, 6.07) is 0. The van der Waals surface area contributed by atoms with Crippen molar-refractivity contribution in [3.63, 3.8) is 0 Å². The van der Waals surface area contributed by atoms with Crippen molar-refractivity contribution in [1.29, 1.82) is 0 Å². The van der Waals surface area contributed by atoms with Crippen molar-refractivity contribution < 1.29 is 4.74 Å². The number of rotatable bonds is 2. The van der Waals surface area contributed by atoms with Gasteiger partial charge in [0.15, 0.2) is 0 Å². The normalized spacial score (nSPS) is 34.2. The smallest absolute Gasteiger partial charge is 0.0493 e. The summed E-state index contributed by atoms with van der Waals surface area (Å²) < 4.78 is 5.15. The summed E-state index contributed by atoms with van der Waals surface area (Å²) in [5.74, 6) is 1.74. The van der Waals surface area contributed by atoms with E-state index in [0.29, 0.717) is 0 Å². The first kappa shape index (κ1) is 8.06. The molecule has 0 saturated heterocycles. The molecule has 1 aliphatic rings. The Hall–Kier alpha value is -0.0400. The predicted molar refractivity (Wildman–Crippen MR) is 43.0 cm³/mol. The van der Waals surface area contributed by atoms with Crippen LogP contribution in [-0.4, -0.2) is 13.7 Å². The van der Waals surface area contributed by atoms with Gasteiger partial charge in [-0.15, -0.1) is 0 Å². The van der Waals surface area contributed by atoms with E-state index in [0.717, 1.165) is 18.4 Å². The lowest BCUT2D eigenvalue weighted by Gasteiger charge is -2.27. The summed E-state index contributed by atoms with van der Waals surface area (Å²) in [6.45, 7) is 3.32. The molecule has 0 spiro atoms. The van der Waals surface area contributed by atoms with Gasteiger partial charge in [-0.2, -0.15) is 0 Å². The Bertz CT molecular complexity index is 88.7. The van der Waals surface area contributed by atoms with Gasteiger partial charge in [0.1, 0.15) is 0 Å². The zero-order chi connectivity index (χ0) is 7.40. The van der Waals surface area contributed by atoms with Crippen molar-refractivity contribution >= 4 is 0 Å². The molecule has 0 unspecified atom stereocenters. The summed E-state index contributed by atoms with van der Waals surface area (Å²) in [7, 11) is 1.81. The van der Waals surface area contributed by atoms with E-state index in [2.05, 4.69) is 6.92 Å². The van der Waals surface area contributed by atoms with E-state index in [1.165, 1.54) is 25.7 Å². The number of methoxy groups -OCH3 is 1. The van der Waals surface area contributed by atoms with Gasteiger partial charge in [0.05, 0.1) is 0 Å². The zero-order valence-corrected chi connectivity index (χ0v) is 7.10. The van der Waals surface area contributed by atoms with Crippen molar-refractivity contribution in [3.8, 4) is 0 Å². The van der Waals surface area contributed by atoms with Crippen LogP contribution in [0.1, 0.15) is 32.6 Å². The third-order valence-electron chi connectivity index (χ3n) is 2.67. The van der Waals surface area contributed by atoms with Gasteiger partial charge in [0.25, 0.3) is 0 Å². The Morgan fingerprint density at radius 3 is 2.60 bits per heavy atom. The van der Waals surface area contributed by atoms with E-state index in [1.54, 1.807) is 7.11 Å². The maximum Gasteiger partial charge on any atom is 0.0493 e. The zero-order valence-electron chi connectivity index (χ0n) is 7.10. The van der Waals surface area contributed by atoms with Crippen LogP contribution in [0.2, 0.25) is 0 Å². The van der Waals surface area contributed by atoms with E-state index in [4.69, 9.17) is 4.74 Å². The van der Waals surface area contributed by atoms with E-state index >= 15 is 0 Å². The van der Waals surface area contributed by atoms with Gasteiger partial charge >= 0.3 is 0 Å². The van der Waals surface area contributed by atoms with E-state index in [9.17, 15) is 0 Å². The molecule has 0 radical (unpaired) electrons. The number of hydrogen-bond acceptors (Lipinski definition) is 1. The molecule has 0 heterocycles. The molecular weight excluding hydrogens is 124 g/mol. The molecule has 0 aromatic rings. The average molecular weight is 142 g/mol. The van der Waals surface area contributed by atoms with Crippen molar-refractivity contribution in [2.45, 2.75) is 32.6 Å². The minimum atomic E-state index is 0.846. The van der Waals surface area contributed by atoms with Gasteiger partial charge in [-0.05, 0) is 18.3 Å². The van der Waals surface area contributed by atoms with Crippen molar-refractivity contribution in [1.82, 2.24) is 0 Å². The Kier molecular flexibility index (Phi) is 3.20. The van der Waals surface area contributed by atoms with Crippen LogP contribution in [0.4, 0.5) is 0 Å². The molecular formula is C9H18O. The van der Waals surface area contributed by atoms with Crippen molar-refractivity contribution in [3.05, 3.63) is 0 Å². The summed E-state index contributed by atoms with van der Waals surface area (Å²) in [4.78, 5) is 0. The molecule has 10 heavy (non-hydrogen) atoms. The molecule has 60 valence electrons. The molecule has 1 rings (SSSR count). The SMILES string of the molecule is COC[C@@H]1CCCC[C@@H]1C. The lowest BCUT2D eigenvalue weighted by atomic mass is 9.81. The second-order valence-electron chi connectivity index (χ2n) is 3.48. The molecule has 0 aromatic heterocycles. The quantitative estimate of drug-likeness (QED) is 0.575. The average Bonchev–Trinajstić information content (AvgIpc) is 1.94. The highest BCUT2D eigenvalue weighted by Gasteiger charge is 2.20. The van der Waals surface area contributed by atoms with Crippen LogP contribution >= 0.6 is 0 Å². The minimum absolute atomic E-state index is 0.846. The second kappa shape index (κ2) is 3.97. The van der Waals surface area contributed by atoms with Crippen LogP contribution in [0.15, 0.2) is 0 Å². The third kappa shape index (κ3) is 1.98. The van der Waals surface area contributed by atoms with Gasteiger partial charge < -0.3 is 4.74 Å². The van der Waals surface area contributed by atoms with Crippen LogP contribution in [0, 0.1) is 11.8 Å². The fourth-order valence-corrected chi connectivity index (χ4v) is 1.85. The Balaban J connectivity index is 2.25. The number of ether oxygens (including phenoxy) is 1. The molecule has 1 heteroatoms. The Morgan fingerprint density at radius 1 is 1.30 bits per heavy atom. The molecule has 1 fully saturated rings. The fourth-order valence-electron chi connectivity index (χ4n) is 1.85. The monoisotopic (exact) mass is 142 g/mol. The van der Waals surface area contributed by atoms with Gasteiger partial charge in [-0.25, -0.2) is 0 Å². The largest absolute Gasteiger partial charge is 0.384 e. The highest BCUT2D eigenvalue weighted by atomic mass is 16.5. The summed E-state index contributed by atoms with van der Waals surface area (Å²) in [6.07, 6.45) is 5.64. The number of hydrogen-bond donors (Lipinski definition) is 0. The van der Waals surface area contributed by atoms with Gasteiger partial charge in [0, 0.05) is 13.7 Å². The van der Waals surface area contributed by atoms with E-state index < -0.39 is 0 Å². The standard InChI is InChI=1S/C9H18O/c1-8-5-3-4-6-9(8)7-10-2/h8-9H,3-7H2,1-2H3/t8-,9-/m0/s1. The van der Waals surface area contributed by atoms with Crippen molar-refractivity contribution in [2.75, 3.05) is 13.7 Å². The van der Waals surface area contributed by atoms with Crippen molar-refractivity contribution in [2.24, 2.45) is 11.8 Å². The third-order valence-corrected chi connectivity index (χ3v) is 2.67. The van der Waals surface area contributed by atoms with E-state index in [1.807, 2.05) is 0 Å². The van der Waals surface area contributed by atoms with Crippen LogP contribution < -0.4 is 0 Å². The molecule has 1 aliphatic carbocycles. The van der Waals surface area contributed by atoms with E-state index in [-0.39, 0.29) is 0 Å². The summed E-state index contributed by atoms with van der Waals surface area (Å²) in [5.41, 5.74) is 0. The summed E-state index contributed by atoms with van der Waals surface area (Å²) in [5, 5.41) is 0. The molecule has 0 aliphatic heterocycles. The topological polar surface area (TPSA) is 9.23 Å². The first-order chi connectivity index (χ1) is 4.84. The molecule has 2 atom stereocenters. The van der Waals surface area contributed by atoms with Crippen LogP contribution in [0.5, 0.6) is 0 Å². The molecule has 1 nitrogen and oxygen atoms in total. The Morgan fingerprint density at radius 2 is 2.00 bits per heavy atom. The van der Waals surface area contributed by atoms with Gasteiger partial charge in [-0.1, -0.05) is 26.2 Å². The Labute approximate surface area is 63.8 Å². The van der Waals surface area contributed by atoms with Gasteiger partial charge in [0.2, 0.25) is 0 Å². The first-order valence-electron chi connectivity index (χ1n) is 4.33. The van der Waals surface area contributed by atoms with Crippen LogP contribution in [-0.2, 0) is 4.74 Å². The van der Waals surface area contributed by atoms with Crippen LogP contribution in [0.25, 0.3) is 0 Å². The highest BCUT2D eigenvalue weighted by molar-refractivity contribution is 4.71. The fraction of sp³-hybridized carbons (Fsp3) is 1.00. The van der Waals surface area contributed by atoms with Crippen LogP contribution in [0.3, 0.4) is 0 Å². The highest BCUT2D eigenvalue weighted by Crippen LogP contribution is 2.29. The van der Waals surface area contributed by atoms with Gasteiger partial charge in [-0.3, -0.25) is 0 Å². The second-order valence-corrected chi connectivity index (χ2v) is 3.48. The predicted octanol–water partition coefficient (Wildman–Crippen LogP) is 2.46. The maximum absolute atomic E-state index is 5.15. The first-order valence-corrected chi connectivity index (χ1v) is 4.33. The lowest BCUT2D eigenvalue weighted by Crippen LogP contribution is -2.20. The molecule has 0 bridgehead atoms. The maximum atomic E-state index is 5.15.